The average molecular weight is 375 g/mol. The summed E-state index contributed by atoms with van der Waals surface area (Å²) in [5.74, 6) is -0.400. The molecule has 10 heteroatoms. The molecule has 1 saturated heterocycles. The van der Waals surface area contributed by atoms with Crippen LogP contribution in [-0.4, -0.2) is 48.1 Å². The summed E-state index contributed by atoms with van der Waals surface area (Å²) < 4.78 is 21.4. The number of aliphatic hydroxyl groups excluding tert-OH is 2. The molecule has 0 spiro atoms. The first-order valence-electron chi connectivity index (χ1n) is 8.40. The van der Waals surface area contributed by atoms with Crippen molar-refractivity contribution in [3.63, 3.8) is 0 Å². The molecular formula is C17H18FN5O4. The fourth-order valence-electron chi connectivity index (χ4n) is 3.31. The van der Waals surface area contributed by atoms with Crippen molar-refractivity contribution in [3.05, 3.63) is 52.3 Å². The number of anilines is 1. The van der Waals surface area contributed by atoms with Crippen LogP contribution in [0.5, 0.6) is 0 Å². The van der Waals surface area contributed by atoms with E-state index in [1.165, 1.54) is 27.5 Å². The molecule has 1 aliphatic rings. The van der Waals surface area contributed by atoms with Crippen molar-refractivity contribution >= 4 is 17.1 Å². The quantitative estimate of drug-likeness (QED) is 0.586. The molecule has 3 atom stereocenters. The van der Waals surface area contributed by atoms with Crippen LogP contribution in [-0.2, 0) is 11.3 Å². The van der Waals surface area contributed by atoms with Gasteiger partial charge in [0.15, 0.2) is 11.9 Å². The molecule has 3 aromatic rings. The fraction of sp³-hybridized carbons (Fsp3) is 0.353. The predicted octanol–water partition coefficient (Wildman–Crippen LogP) is 0.00330. The number of aromatic nitrogens is 4. The third kappa shape index (κ3) is 3.07. The van der Waals surface area contributed by atoms with E-state index in [4.69, 9.17) is 10.5 Å². The van der Waals surface area contributed by atoms with Crippen molar-refractivity contribution in [2.45, 2.75) is 31.4 Å². The maximum atomic E-state index is 13.2. The third-order valence-electron chi connectivity index (χ3n) is 4.60. The standard InChI is InChI=1S/C17H18FN5O4/c18-10-3-1-9(2-4-10)7-22-12-6-20-16(19)21-14(12)23(17(22)26)15-13(25)5-11(8-24)27-15/h1-4,6,11,13,15,24-25H,5,7-8H2,(H2,19,20,21)/t11-,13+,15+/m0/s1. The Balaban J connectivity index is 1.84. The zero-order chi connectivity index (χ0) is 19.1. The van der Waals surface area contributed by atoms with E-state index in [1.54, 1.807) is 12.1 Å². The van der Waals surface area contributed by atoms with Gasteiger partial charge in [0.1, 0.15) is 17.4 Å². The monoisotopic (exact) mass is 375 g/mol. The predicted molar refractivity (Wildman–Crippen MR) is 93.3 cm³/mol. The van der Waals surface area contributed by atoms with Crippen LogP contribution in [0.25, 0.3) is 11.2 Å². The van der Waals surface area contributed by atoms with Gasteiger partial charge in [0.2, 0.25) is 5.95 Å². The summed E-state index contributed by atoms with van der Waals surface area (Å²) in [6.07, 6.45) is -0.948. The van der Waals surface area contributed by atoms with Gasteiger partial charge in [-0.3, -0.25) is 4.57 Å². The normalized spacial score (nSPS) is 22.6. The average Bonchev–Trinajstić information content (AvgIpc) is 3.14. The number of nitrogen functional groups attached to an aromatic ring is 1. The first-order chi connectivity index (χ1) is 13.0. The first kappa shape index (κ1) is 17.6. The minimum Gasteiger partial charge on any atom is -0.394 e. The minimum absolute atomic E-state index is 0.0265. The van der Waals surface area contributed by atoms with E-state index < -0.39 is 24.1 Å². The van der Waals surface area contributed by atoms with Crippen molar-refractivity contribution in [2.75, 3.05) is 12.3 Å². The maximum absolute atomic E-state index is 13.2. The molecule has 1 aliphatic heterocycles. The van der Waals surface area contributed by atoms with Gasteiger partial charge >= 0.3 is 5.69 Å². The van der Waals surface area contributed by atoms with Crippen LogP contribution in [0.1, 0.15) is 18.2 Å². The van der Waals surface area contributed by atoms with Gasteiger partial charge < -0.3 is 20.7 Å². The van der Waals surface area contributed by atoms with Gasteiger partial charge in [-0.15, -0.1) is 0 Å². The van der Waals surface area contributed by atoms with E-state index in [0.717, 1.165) is 0 Å². The molecular weight excluding hydrogens is 357 g/mol. The van der Waals surface area contributed by atoms with Crippen LogP contribution in [0.15, 0.2) is 35.3 Å². The fourth-order valence-corrected chi connectivity index (χ4v) is 3.31. The number of nitrogens with zero attached hydrogens (tertiary/aromatic N) is 4. The molecule has 4 rings (SSSR count). The Morgan fingerprint density at radius 2 is 2.07 bits per heavy atom. The van der Waals surface area contributed by atoms with Crippen molar-refractivity contribution in [1.29, 1.82) is 0 Å². The summed E-state index contributed by atoms with van der Waals surface area (Å²) >= 11 is 0. The second-order valence-corrected chi connectivity index (χ2v) is 6.44. The molecule has 142 valence electrons. The highest BCUT2D eigenvalue weighted by Crippen LogP contribution is 2.30. The van der Waals surface area contributed by atoms with Gasteiger partial charge in [0, 0.05) is 6.42 Å². The van der Waals surface area contributed by atoms with Crippen molar-refractivity contribution in [3.8, 4) is 0 Å². The number of hydrogen-bond acceptors (Lipinski definition) is 7. The van der Waals surface area contributed by atoms with E-state index in [1.807, 2.05) is 0 Å². The second kappa shape index (κ2) is 6.72. The van der Waals surface area contributed by atoms with E-state index in [9.17, 15) is 19.4 Å². The number of imidazole rings is 1. The summed E-state index contributed by atoms with van der Waals surface area (Å²) in [6.45, 7) is -0.115. The summed E-state index contributed by atoms with van der Waals surface area (Å²) in [5.41, 5.74) is 6.53. The third-order valence-corrected chi connectivity index (χ3v) is 4.60. The number of aliphatic hydroxyl groups is 2. The largest absolute Gasteiger partial charge is 0.394 e. The van der Waals surface area contributed by atoms with Gasteiger partial charge in [-0.05, 0) is 17.7 Å². The van der Waals surface area contributed by atoms with Crippen LogP contribution in [0.4, 0.5) is 10.3 Å². The summed E-state index contributed by atoms with van der Waals surface area (Å²) in [5, 5.41) is 19.6. The number of ether oxygens (including phenoxy) is 1. The molecule has 4 N–H and O–H groups in total. The van der Waals surface area contributed by atoms with E-state index in [-0.39, 0.29) is 37.0 Å². The van der Waals surface area contributed by atoms with Gasteiger partial charge in [-0.2, -0.15) is 4.98 Å². The zero-order valence-electron chi connectivity index (χ0n) is 14.2. The molecule has 3 heterocycles. The van der Waals surface area contributed by atoms with Gasteiger partial charge in [0.25, 0.3) is 0 Å². The van der Waals surface area contributed by atoms with E-state index in [0.29, 0.717) is 11.1 Å². The molecule has 1 aromatic carbocycles. The Hall–Kier alpha value is -2.82. The van der Waals surface area contributed by atoms with Crippen LogP contribution < -0.4 is 11.4 Å². The van der Waals surface area contributed by atoms with E-state index >= 15 is 0 Å². The minimum atomic E-state index is -0.999. The van der Waals surface area contributed by atoms with Gasteiger partial charge in [-0.25, -0.2) is 18.7 Å². The lowest BCUT2D eigenvalue weighted by molar-refractivity contribution is -0.0505. The molecule has 1 fully saturated rings. The Labute approximate surface area is 152 Å². The highest BCUT2D eigenvalue weighted by atomic mass is 19.1. The van der Waals surface area contributed by atoms with Crippen molar-refractivity contribution in [2.24, 2.45) is 0 Å². The highest BCUT2D eigenvalue weighted by Gasteiger charge is 2.37. The molecule has 2 aromatic heterocycles. The maximum Gasteiger partial charge on any atom is 0.332 e. The first-order valence-corrected chi connectivity index (χ1v) is 8.40. The molecule has 0 bridgehead atoms. The van der Waals surface area contributed by atoms with E-state index in [2.05, 4.69) is 9.97 Å². The Morgan fingerprint density at radius 3 is 2.74 bits per heavy atom. The van der Waals surface area contributed by atoms with Crippen LogP contribution in [0.3, 0.4) is 0 Å². The van der Waals surface area contributed by atoms with Gasteiger partial charge in [0.05, 0.1) is 25.5 Å². The number of fused-ring (bicyclic) bond motifs is 1. The summed E-state index contributed by atoms with van der Waals surface area (Å²) in [7, 11) is 0. The molecule has 0 saturated carbocycles. The highest BCUT2D eigenvalue weighted by molar-refractivity contribution is 5.72. The Morgan fingerprint density at radius 1 is 1.33 bits per heavy atom. The Bertz CT molecular complexity index is 1030. The SMILES string of the molecule is Nc1ncc2c(n1)n([C@@H]1O[C@H](CO)C[C@H]1O)c(=O)n2Cc1ccc(F)cc1. The second-order valence-electron chi connectivity index (χ2n) is 6.44. The molecule has 0 unspecified atom stereocenters. The molecule has 0 aliphatic carbocycles. The lowest BCUT2D eigenvalue weighted by atomic mass is 10.2. The number of rotatable bonds is 4. The van der Waals surface area contributed by atoms with Crippen LogP contribution in [0.2, 0.25) is 0 Å². The lowest BCUT2D eigenvalue weighted by Gasteiger charge is -2.15. The lowest BCUT2D eigenvalue weighted by Crippen LogP contribution is -2.32. The smallest absolute Gasteiger partial charge is 0.332 e. The summed E-state index contributed by atoms with van der Waals surface area (Å²) in [6, 6.07) is 5.77. The number of halogens is 1. The van der Waals surface area contributed by atoms with Gasteiger partial charge in [-0.1, -0.05) is 12.1 Å². The molecule has 27 heavy (non-hydrogen) atoms. The molecule has 9 nitrogen and oxygen atoms in total. The van der Waals surface area contributed by atoms with Crippen molar-refractivity contribution < 1.29 is 19.3 Å². The molecule has 0 radical (unpaired) electrons. The molecule has 0 amide bonds. The van der Waals surface area contributed by atoms with Crippen LogP contribution >= 0.6 is 0 Å². The topological polar surface area (TPSA) is 128 Å². The number of hydrogen-bond donors (Lipinski definition) is 3. The number of benzene rings is 1. The van der Waals surface area contributed by atoms with Crippen molar-refractivity contribution in [1.82, 2.24) is 19.1 Å². The summed E-state index contributed by atoms with van der Waals surface area (Å²) in [4.78, 5) is 21.2. The zero-order valence-corrected chi connectivity index (χ0v) is 14.2. The van der Waals surface area contributed by atoms with Crippen LogP contribution in [0, 0.1) is 5.82 Å². The number of nitrogens with two attached hydrogens (primary N) is 1. The Kier molecular flexibility index (Phi) is 4.38.